The molecule has 5 heteroatoms. The molecule has 0 saturated carbocycles. The van der Waals surface area contributed by atoms with Crippen molar-refractivity contribution in [3.05, 3.63) is 35.4 Å². The van der Waals surface area contributed by atoms with Crippen LogP contribution in [0.1, 0.15) is 24.2 Å². The summed E-state index contributed by atoms with van der Waals surface area (Å²) in [6, 6.07) is 7.74. The van der Waals surface area contributed by atoms with Gasteiger partial charge in [-0.3, -0.25) is 9.59 Å². The van der Waals surface area contributed by atoms with Gasteiger partial charge in [0, 0.05) is 6.54 Å². The Kier molecular flexibility index (Phi) is 4.16. The Morgan fingerprint density at radius 1 is 1.42 bits per heavy atom. The van der Waals surface area contributed by atoms with Crippen LogP contribution < -0.4 is 5.73 Å². The number of carbonyl (C=O) groups excluding carboxylic acids is 2. The number of nitrogens with two attached hydrogens (primary N) is 1. The Hall–Kier alpha value is -1.88. The number of nitrogens with zero attached hydrogens (tertiary/aromatic N) is 1. The molecule has 0 aliphatic carbocycles. The fraction of sp³-hybridized carbons (Fsp3) is 0.429. The zero-order valence-corrected chi connectivity index (χ0v) is 11.0. The first-order chi connectivity index (χ1) is 9.13. The molecule has 102 valence electrons. The maximum Gasteiger partial charge on any atom is 0.256 e. The highest BCUT2D eigenvalue weighted by atomic mass is 16.5. The van der Waals surface area contributed by atoms with Crippen molar-refractivity contribution in [1.82, 2.24) is 4.90 Å². The molecule has 1 heterocycles. The number of primary amides is 1. The van der Waals surface area contributed by atoms with E-state index in [1.54, 1.807) is 0 Å². The Balaban J connectivity index is 2.22. The third-order valence-electron chi connectivity index (χ3n) is 3.26. The normalized spacial score (nSPS) is 17.6. The molecule has 2 rings (SSSR count). The summed E-state index contributed by atoms with van der Waals surface area (Å²) >= 11 is 0. The number of ether oxygens (including phenoxy) is 1. The van der Waals surface area contributed by atoms with Crippen LogP contribution in [-0.4, -0.2) is 36.4 Å². The van der Waals surface area contributed by atoms with Crippen LogP contribution in [0.4, 0.5) is 0 Å². The smallest absolute Gasteiger partial charge is 0.256 e. The third-order valence-corrected chi connectivity index (χ3v) is 3.26. The van der Waals surface area contributed by atoms with E-state index in [4.69, 9.17) is 10.5 Å². The van der Waals surface area contributed by atoms with Crippen LogP contribution in [0.3, 0.4) is 0 Å². The number of rotatable bonds is 4. The lowest BCUT2D eigenvalue weighted by molar-refractivity contribution is -0.147. The quantitative estimate of drug-likeness (QED) is 0.865. The van der Waals surface area contributed by atoms with Crippen molar-refractivity contribution in [2.24, 2.45) is 5.73 Å². The molecule has 5 nitrogen and oxygen atoms in total. The molecule has 0 fully saturated rings. The fourth-order valence-electron chi connectivity index (χ4n) is 2.30. The van der Waals surface area contributed by atoms with Gasteiger partial charge in [-0.2, -0.15) is 0 Å². The van der Waals surface area contributed by atoms with Crippen LogP contribution >= 0.6 is 0 Å². The molecule has 0 spiro atoms. The van der Waals surface area contributed by atoms with Crippen molar-refractivity contribution < 1.29 is 14.3 Å². The van der Waals surface area contributed by atoms with Crippen LogP contribution in [0, 0.1) is 0 Å². The topological polar surface area (TPSA) is 72.6 Å². The maximum atomic E-state index is 12.4. The van der Waals surface area contributed by atoms with E-state index >= 15 is 0 Å². The molecule has 0 unspecified atom stereocenters. The zero-order chi connectivity index (χ0) is 13.8. The molecule has 19 heavy (non-hydrogen) atoms. The van der Waals surface area contributed by atoms with Crippen LogP contribution in [0.5, 0.6) is 0 Å². The number of carbonyl (C=O) groups is 2. The Labute approximate surface area is 112 Å². The van der Waals surface area contributed by atoms with Crippen LogP contribution in [0.25, 0.3) is 0 Å². The van der Waals surface area contributed by atoms with Crippen molar-refractivity contribution in [2.45, 2.75) is 19.4 Å². The van der Waals surface area contributed by atoms with E-state index in [-0.39, 0.29) is 12.5 Å². The van der Waals surface area contributed by atoms with Crippen molar-refractivity contribution in [2.75, 3.05) is 19.7 Å². The summed E-state index contributed by atoms with van der Waals surface area (Å²) in [5.41, 5.74) is 7.17. The predicted molar refractivity (Wildman–Crippen MR) is 70.3 cm³/mol. The monoisotopic (exact) mass is 262 g/mol. The molecule has 1 aliphatic rings. The second kappa shape index (κ2) is 5.84. The molecule has 1 aromatic rings. The van der Waals surface area contributed by atoms with E-state index < -0.39 is 12.0 Å². The van der Waals surface area contributed by atoms with Gasteiger partial charge in [0.1, 0.15) is 0 Å². The minimum absolute atomic E-state index is 0.0721. The zero-order valence-electron chi connectivity index (χ0n) is 11.0. The average Bonchev–Trinajstić information content (AvgIpc) is 2.43. The average molecular weight is 262 g/mol. The summed E-state index contributed by atoms with van der Waals surface area (Å²) < 4.78 is 5.59. The number of benzene rings is 1. The molecule has 0 radical (unpaired) electrons. The van der Waals surface area contributed by atoms with Gasteiger partial charge < -0.3 is 15.4 Å². The first-order valence-electron chi connectivity index (χ1n) is 6.40. The Morgan fingerprint density at radius 2 is 2.16 bits per heavy atom. The second-order valence-corrected chi connectivity index (χ2v) is 4.52. The fourth-order valence-corrected chi connectivity index (χ4v) is 2.30. The third kappa shape index (κ3) is 2.93. The number of likely N-dealkylation sites (N-methyl/N-ethyl adjacent to an activating group) is 1. The van der Waals surface area contributed by atoms with Gasteiger partial charge in [-0.15, -0.1) is 0 Å². The highest BCUT2D eigenvalue weighted by Gasteiger charge is 2.30. The molecule has 1 atom stereocenters. The van der Waals surface area contributed by atoms with E-state index in [1.807, 2.05) is 31.2 Å². The molecule has 0 saturated heterocycles. The van der Waals surface area contributed by atoms with Gasteiger partial charge in [-0.05, 0) is 24.5 Å². The summed E-state index contributed by atoms with van der Waals surface area (Å²) in [5.74, 6) is -0.715. The summed E-state index contributed by atoms with van der Waals surface area (Å²) in [5, 5.41) is 0. The van der Waals surface area contributed by atoms with Gasteiger partial charge in [0.2, 0.25) is 5.91 Å². The summed E-state index contributed by atoms with van der Waals surface area (Å²) in [4.78, 5) is 24.8. The number of amides is 2. The number of hydrogen-bond donors (Lipinski definition) is 1. The minimum atomic E-state index is -0.621. The van der Waals surface area contributed by atoms with E-state index in [1.165, 1.54) is 4.90 Å². The van der Waals surface area contributed by atoms with Gasteiger partial charge in [0.05, 0.1) is 13.2 Å². The molecular weight excluding hydrogens is 244 g/mol. The van der Waals surface area contributed by atoms with Crippen LogP contribution in [0.15, 0.2) is 24.3 Å². The van der Waals surface area contributed by atoms with Crippen molar-refractivity contribution in [3.8, 4) is 0 Å². The van der Waals surface area contributed by atoms with Gasteiger partial charge in [-0.1, -0.05) is 24.3 Å². The molecule has 1 aromatic carbocycles. The SMILES string of the molecule is CCN(CC(N)=O)C(=O)[C@H]1OCCc2ccccc21. The Morgan fingerprint density at radius 3 is 2.84 bits per heavy atom. The summed E-state index contributed by atoms with van der Waals surface area (Å²) in [7, 11) is 0. The first-order valence-corrected chi connectivity index (χ1v) is 6.40. The highest BCUT2D eigenvalue weighted by molar-refractivity contribution is 5.87. The summed E-state index contributed by atoms with van der Waals surface area (Å²) in [6.07, 6.45) is 0.186. The molecule has 0 aromatic heterocycles. The van der Waals surface area contributed by atoms with Crippen molar-refractivity contribution in [1.29, 1.82) is 0 Å². The maximum absolute atomic E-state index is 12.4. The van der Waals surface area contributed by atoms with Gasteiger partial charge in [0.15, 0.2) is 6.10 Å². The summed E-state index contributed by atoms with van der Waals surface area (Å²) in [6.45, 7) is 2.69. The number of hydrogen-bond acceptors (Lipinski definition) is 3. The lowest BCUT2D eigenvalue weighted by Crippen LogP contribution is -2.42. The minimum Gasteiger partial charge on any atom is -0.368 e. The van der Waals surface area contributed by atoms with Crippen LogP contribution in [-0.2, 0) is 20.7 Å². The van der Waals surface area contributed by atoms with Gasteiger partial charge in [-0.25, -0.2) is 0 Å². The first kappa shape index (κ1) is 13.5. The molecule has 1 aliphatic heterocycles. The molecule has 2 N–H and O–H groups in total. The molecular formula is C14H18N2O3. The molecule has 2 amide bonds. The largest absolute Gasteiger partial charge is 0.368 e. The van der Waals surface area contributed by atoms with E-state index in [0.717, 1.165) is 17.5 Å². The van der Waals surface area contributed by atoms with E-state index in [2.05, 4.69) is 0 Å². The van der Waals surface area contributed by atoms with Crippen molar-refractivity contribution >= 4 is 11.8 Å². The highest BCUT2D eigenvalue weighted by Crippen LogP contribution is 2.28. The Bertz CT molecular complexity index is 487. The van der Waals surface area contributed by atoms with Gasteiger partial charge >= 0.3 is 0 Å². The predicted octanol–water partition coefficient (Wildman–Crippen LogP) is 0.634. The van der Waals surface area contributed by atoms with Gasteiger partial charge in [0.25, 0.3) is 5.91 Å². The lowest BCUT2D eigenvalue weighted by atomic mass is 9.97. The standard InChI is InChI=1S/C14H18N2O3/c1-2-16(9-12(15)17)14(18)13-11-6-4-3-5-10(11)7-8-19-13/h3-6,13H,2,7-9H2,1H3,(H2,15,17)/t13-/m0/s1. The number of fused-ring (bicyclic) bond motifs is 1. The second-order valence-electron chi connectivity index (χ2n) is 4.52. The van der Waals surface area contributed by atoms with E-state index in [9.17, 15) is 9.59 Å². The van der Waals surface area contributed by atoms with Crippen LogP contribution in [0.2, 0.25) is 0 Å². The van der Waals surface area contributed by atoms with Crippen molar-refractivity contribution in [3.63, 3.8) is 0 Å². The molecule has 0 bridgehead atoms. The lowest BCUT2D eigenvalue weighted by Gasteiger charge is -2.29. The van der Waals surface area contributed by atoms with E-state index in [0.29, 0.717) is 13.2 Å².